The van der Waals surface area contributed by atoms with Crippen molar-refractivity contribution in [3.05, 3.63) is 0 Å². The number of hydrogen-bond donors (Lipinski definition) is 2. The molecule has 7 heteroatoms. The van der Waals surface area contributed by atoms with Crippen LogP contribution in [0.1, 0.15) is 0 Å². The molecule has 1 aromatic rings. The van der Waals surface area contributed by atoms with Crippen LogP contribution in [0.4, 0.5) is 15.1 Å². The topological polar surface area (TPSA) is 90.1 Å². The molecule has 6 nitrogen and oxygen atoms in total. The zero-order valence-corrected chi connectivity index (χ0v) is 6.51. The number of rotatable bonds is 1. The van der Waals surface area contributed by atoms with Crippen LogP contribution >= 0.6 is 11.3 Å². The molecule has 0 unspecified atom stereocenters. The molecule has 0 saturated carbocycles. The Morgan fingerprint density at radius 3 is 2.91 bits per heavy atom. The van der Waals surface area contributed by atoms with E-state index in [-0.39, 0.29) is 0 Å². The highest BCUT2D eigenvalue weighted by atomic mass is 32.1. The summed E-state index contributed by atoms with van der Waals surface area (Å²) in [6.07, 6.45) is -0.582. The molecule has 0 aliphatic heterocycles. The summed E-state index contributed by atoms with van der Waals surface area (Å²) >= 11 is 1.08. The van der Waals surface area contributed by atoms with E-state index in [0.29, 0.717) is 10.3 Å². The summed E-state index contributed by atoms with van der Waals surface area (Å²) in [5.74, 6) is 0. The quantitative estimate of drug-likeness (QED) is 0.639. The molecular formula is C4H6N4O2S. The van der Waals surface area contributed by atoms with Crippen LogP contribution in [-0.2, 0) is 4.74 Å². The van der Waals surface area contributed by atoms with Crippen LogP contribution in [0.3, 0.4) is 0 Å². The molecule has 0 atom stereocenters. The highest BCUT2D eigenvalue weighted by Crippen LogP contribution is 2.15. The van der Waals surface area contributed by atoms with Gasteiger partial charge in [-0.3, -0.25) is 5.32 Å². The van der Waals surface area contributed by atoms with Gasteiger partial charge in [0.1, 0.15) is 0 Å². The van der Waals surface area contributed by atoms with E-state index in [1.165, 1.54) is 7.11 Å². The molecule has 0 saturated heterocycles. The van der Waals surface area contributed by atoms with Gasteiger partial charge in [-0.2, -0.15) is 0 Å². The standard InChI is InChI=1S/C4H6N4O2S/c1-10-4(9)6-3-8-7-2(5)11-3/h1H3,(H2,5,7)(H,6,8,9). The van der Waals surface area contributed by atoms with Crippen molar-refractivity contribution < 1.29 is 9.53 Å². The molecule has 0 fully saturated rings. The van der Waals surface area contributed by atoms with Gasteiger partial charge in [-0.25, -0.2) is 4.79 Å². The lowest BCUT2D eigenvalue weighted by Gasteiger charge is -1.95. The van der Waals surface area contributed by atoms with E-state index in [9.17, 15) is 4.79 Å². The third-order valence-corrected chi connectivity index (χ3v) is 1.50. The first-order chi connectivity index (χ1) is 5.22. The number of ether oxygens (including phenoxy) is 1. The number of nitrogens with one attached hydrogen (secondary N) is 1. The highest BCUT2D eigenvalue weighted by molar-refractivity contribution is 7.18. The van der Waals surface area contributed by atoms with Gasteiger partial charge in [0.05, 0.1) is 7.11 Å². The van der Waals surface area contributed by atoms with Gasteiger partial charge in [-0.05, 0) is 0 Å². The Morgan fingerprint density at radius 1 is 1.73 bits per heavy atom. The molecule has 3 N–H and O–H groups in total. The minimum absolute atomic E-state index is 0.302. The van der Waals surface area contributed by atoms with Crippen LogP contribution in [-0.4, -0.2) is 23.4 Å². The lowest BCUT2D eigenvalue weighted by Crippen LogP contribution is -2.10. The zero-order chi connectivity index (χ0) is 8.27. The average Bonchev–Trinajstić information content (AvgIpc) is 2.35. The summed E-state index contributed by atoms with van der Waals surface area (Å²) < 4.78 is 4.31. The second-order valence-electron chi connectivity index (χ2n) is 1.56. The average molecular weight is 174 g/mol. The van der Waals surface area contributed by atoms with Gasteiger partial charge in [0.15, 0.2) is 0 Å². The van der Waals surface area contributed by atoms with Gasteiger partial charge >= 0.3 is 6.09 Å². The Kier molecular flexibility index (Phi) is 2.21. The fraction of sp³-hybridized carbons (Fsp3) is 0.250. The first kappa shape index (κ1) is 7.73. The van der Waals surface area contributed by atoms with E-state index < -0.39 is 6.09 Å². The summed E-state index contributed by atoms with van der Waals surface area (Å²) in [5, 5.41) is 9.96. The number of hydrogen-bond acceptors (Lipinski definition) is 6. The number of carbonyl (C=O) groups excluding carboxylic acids is 1. The molecule has 1 amide bonds. The van der Waals surface area contributed by atoms with E-state index in [4.69, 9.17) is 5.73 Å². The van der Waals surface area contributed by atoms with E-state index in [1.807, 2.05) is 0 Å². The summed E-state index contributed by atoms with van der Waals surface area (Å²) in [5.41, 5.74) is 5.25. The maximum Gasteiger partial charge on any atom is 0.413 e. The van der Waals surface area contributed by atoms with E-state index >= 15 is 0 Å². The largest absolute Gasteiger partial charge is 0.453 e. The van der Waals surface area contributed by atoms with Crippen LogP contribution in [0.25, 0.3) is 0 Å². The van der Waals surface area contributed by atoms with Crippen molar-refractivity contribution in [3.63, 3.8) is 0 Å². The van der Waals surface area contributed by atoms with Crippen molar-refractivity contribution in [2.75, 3.05) is 18.2 Å². The van der Waals surface area contributed by atoms with E-state index in [1.54, 1.807) is 0 Å². The van der Waals surface area contributed by atoms with Crippen LogP contribution in [0.2, 0.25) is 0 Å². The SMILES string of the molecule is COC(=O)Nc1nnc(N)s1. The van der Waals surface area contributed by atoms with Crippen LogP contribution in [0.15, 0.2) is 0 Å². The number of aromatic nitrogens is 2. The van der Waals surface area contributed by atoms with Gasteiger partial charge in [-0.15, -0.1) is 10.2 Å². The fourth-order valence-electron chi connectivity index (χ4n) is 0.423. The molecular weight excluding hydrogens is 168 g/mol. The van der Waals surface area contributed by atoms with Crippen molar-refractivity contribution in [2.45, 2.75) is 0 Å². The monoisotopic (exact) mass is 174 g/mol. The second-order valence-corrected chi connectivity index (χ2v) is 2.57. The molecule has 1 rings (SSSR count). The number of anilines is 2. The summed E-state index contributed by atoms with van der Waals surface area (Å²) in [6.45, 7) is 0. The lowest BCUT2D eigenvalue weighted by molar-refractivity contribution is 0.187. The third kappa shape index (κ3) is 2.04. The normalized spacial score (nSPS) is 9.18. The third-order valence-electron chi connectivity index (χ3n) is 0.835. The van der Waals surface area contributed by atoms with Crippen molar-refractivity contribution in [2.24, 2.45) is 0 Å². The number of nitrogens with zero attached hydrogens (tertiary/aromatic N) is 2. The van der Waals surface area contributed by atoms with E-state index in [0.717, 1.165) is 11.3 Å². The molecule has 0 aromatic carbocycles. The van der Waals surface area contributed by atoms with Crippen molar-refractivity contribution >= 4 is 27.7 Å². The molecule has 0 radical (unpaired) electrons. The summed E-state index contributed by atoms with van der Waals surface area (Å²) in [6, 6.07) is 0. The molecule has 11 heavy (non-hydrogen) atoms. The molecule has 60 valence electrons. The molecule has 0 spiro atoms. The fourth-order valence-corrected chi connectivity index (χ4v) is 0.919. The Labute approximate surface area is 66.4 Å². The zero-order valence-electron chi connectivity index (χ0n) is 5.70. The van der Waals surface area contributed by atoms with Gasteiger partial charge in [0, 0.05) is 0 Å². The minimum Gasteiger partial charge on any atom is -0.453 e. The molecule has 0 aliphatic rings. The number of methoxy groups -OCH3 is 1. The van der Waals surface area contributed by atoms with Crippen molar-refractivity contribution in [1.29, 1.82) is 0 Å². The van der Waals surface area contributed by atoms with Gasteiger partial charge in [0.2, 0.25) is 10.3 Å². The van der Waals surface area contributed by atoms with Crippen LogP contribution < -0.4 is 11.1 Å². The highest BCUT2D eigenvalue weighted by Gasteiger charge is 2.04. The number of nitrogens with two attached hydrogens (primary N) is 1. The smallest absolute Gasteiger partial charge is 0.413 e. The van der Waals surface area contributed by atoms with Crippen LogP contribution in [0.5, 0.6) is 0 Å². The second kappa shape index (κ2) is 3.15. The summed E-state index contributed by atoms with van der Waals surface area (Å²) in [7, 11) is 1.26. The van der Waals surface area contributed by atoms with Gasteiger partial charge in [0.25, 0.3) is 0 Å². The molecule has 1 heterocycles. The minimum atomic E-state index is -0.582. The maximum atomic E-state index is 10.6. The Morgan fingerprint density at radius 2 is 2.45 bits per heavy atom. The molecule has 0 bridgehead atoms. The first-order valence-corrected chi connectivity index (χ1v) is 3.48. The number of amides is 1. The van der Waals surface area contributed by atoms with Crippen molar-refractivity contribution in [3.8, 4) is 0 Å². The van der Waals surface area contributed by atoms with Gasteiger partial charge in [-0.1, -0.05) is 11.3 Å². The van der Waals surface area contributed by atoms with E-state index in [2.05, 4.69) is 20.3 Å². The predicted molar refractivity (Wildman–Crippen MR) is 40.3 cm³/mol. The lowest BCUT2D eigenvalue weighted by atomic mass is 11.0. The number of nitrogen functional groups attached to an aromatic ring is 1. The Bertz CT molecular complexity index is 260. The molecule has 1 aromatic heterocycles. The predicted octanol–water partition coefficient (Wildman–Crippen LogP) is 0.299. The first-order valence-electron chi connectivity index (χ1n) is 2.66. The van der Waals surface area contributed by atoms with Gasteiger partial charge < -0.3 is 10.5 Å². The van der Waals surface area contributed by atoms with Crippen molar-refractivity contribution in [1.82, 2.24) is 10.2 Å². The maximum absolute atomic E-state index is 10.6. The Balaban J connectivity index is 2.57. The Hall–Kier alpha value is -1.37. The molecule has 0 aliphatic carbocycles. The summed E-state index contributed by atoms with van der Waals surface area (Å²) in [4.78, 5) is 10.6. The van der Waals surface area contributed by atoms with Crippen LogP contribution in [0, 0.1) is 0 Å². The number of carbonyl (C=O) groups is 1.